The zero-order valence-electron chi connectivity index (χ0n) is 10.1. The van der Waals surface area contributed by atoms with Gasteiger partial charge >= 0.3 is 0 Å². The van der Waals surface area contributed by atoms with Crippen LogP contribution >= 0.6 is 11.8 Å². The number of carbonyl (C=O) groups is 1. The highest BCUT2D eigenvalue weighted by Gasteiger charge is 2.24. The molecule has 1 aromatic carbocycles. The predicted octanol–water partition coefficient (Wildman–Crippen LogP) is 2.71. The Bertz CT molecular complexity index is 435. The number of hydrogen-bond donors (Lipinski definition) is 0. The summed E-state index contributed by atoms with van der Waals surface area (Å²) in [5.74, 6) is 1.71. The highest BCUT2D eigenvalue weighted by atomic mass is 32.2. The lowest BCUT2D eigenvalue weighted by molar-refractivity contribution is 0.0716. The molecule has 1 aliphatic rings. The van der Waals surface area contributed by atoms with E-state index in [9.17, 15) is 9.18 Å². The van der Waals surface area contributed by atoms with Gasteiger partial charge in [0.15, 0.2) is 0 Å². The fourth-order valence-corrected chi connectivity index (χ4v) is 2.99. The van der Waals surface area contributed by atoms with Crippen LogP contribution in [-0.4, -0.2) is 34.9 Å². The minimum absolute atomic E-state index is 0.0147. The molecule has 1 amide bonds. The van der Waals surface area contributed by atoms with Crippen LogP contribution in [0.4, 0.5) is 4.39 Å². The molecule has 92 valence electrons. The van der Waals surface area contributed by atoms with E-state index in [1.54, 1.807) is 19.1 Å². The third kappa shape index (κ3) is 2.63. The molecule has 1 aliphatic heterocycles. The normalized spacial score (nSPS) is 20.4. The molecule has 2 nitrogen and oxygen atoms in total. The second kappa shape index (κ2) is 5.08. The first kappa shape index (κ1) is 12.4. The van der Waals surface area contributed by atoms with Gasteiger partial charge < -0.3 is 4.90 Å². The Morgan fingerprint density at radius 1 is 1.53 bits per heavy atom. The van der Waals surface area contributed by atoms with Crippen molar-refractivity contribution >= 4 is 17.7 Å². The molecular formula is C13H16FNOS. The molecule has 0 saturated carbocycles. The summed E-state index contributed by atoms with van der Waals surface area (Å²) in [5, 5.41) is 0. The zero-order valence-corrected chi connectivity index (χ0v) is 10.9. The van der Waals surface area contributed by atoms with Crippen molar-refractivity contribution in [2.45, 2.75) is 19.9 Å². The largest absolute Gasteiger partial charge is 0.334 e. The van der Waals surface area contributed by atoms with Gasteiger partial charge in [0.1, 0.15) is 5.82 Å². The maximum atomic E-state index is 13.2. The molecule has 1 unspecified atom stereocenters. The van der Waals surface area contributed by atoms with E-state index in [-0.39, 0.29) is 17.8 Å². The number of benzene rings is 1. The zero-order chi connectivity index (χ0) is 12.4. The number of nitrogens with zero attached hydrogens (tertiary/aromatic N) is 1. The summed E-state index contributed by atoms with van der Waals surface area (Å²) in [5.41, 5.74) is 1.11. The van der Waals surface area contributed by atoms with Gasteiger partial charge in [-0.2, -0.15) is 11.8 Å². The molecule has 1 fully saturated rings. The van der Waals surface area contributed by atoms with Gasteiger partial charge in [0, 0.05) is 29.7 Å². The Kier molecular flexibility index (Phi) is 3.72. The van der Waals surface area contributed by atoms with Crippen molar-refractivity contribution in [3.05, 3.63) is 35.1 Å². The van der Waals surface area contributed by atoms with Crippen LogP contribution in [0.1, 0.15) is 22.8 Å². The second-order valence-electron chi connectivity index (χ2n) is 4.39. The fourth-order valence-electron chi connectivity index (χ4n) is 1.97. The minimum atomic E-state index is -0.260. The summed E-state index contributed by atoms with van der Waals surface area (Å²) in [6.45, 7) is 4.52. The summed E-state index contributed by atoms with van der Waals surface area (Å²) < 4.78 is 13.2. The quantitative estimate of drug-likeness (QED) is 0.767. The van der Waals surface area contributed by atoms with E-state index in [0.29, 0.717) is 11.1 Å². The van der Waals surface area contributed by atoms with E-state index in [1.807, 2.05) is 16.7 Å². The standard InChI is InChI=1S/C13H16FNOS/c1-9-7-11(3-4-12(9)14)13(16)15-5-6-17-8-10(15)2/h3-4,7,10H,5-6,8H2,1-2H3. The topological polar surface area (TPSA) is 20.3 Å². The number of thioether (sulfide) groups is 1. The molecule has 0 aromatic heterocycles. The summed E-state index contributed by atoms with van der Waals surface area (Å²) in [7, 11) is 0. The van der Waals surface area contributed by atoms with Gasteiger partial charge in [-0.1, -0.05) is 0 Å². The molecular weight excluding hydrogens is 237 g/mol. The van der Waals surface area contributed by atoms with Crippen LogP contribution in [-0.2, 0) is 0 Å². The average molecular weight is 253 g/mol. The van der Waals surface area contributed by atoms with Crippen LogP contribution in [0.3, 0.4) is 0 Å². The van der Waals surface area contributed by atoms with E-state index in [2.05, 4.69) is 6.92 Å². The molecule has 1 saturated heterocycles. The number of halogens is 1. The monoisotopic (exact) mass is 253 g/mol. The molecule has 0 N–H and O–H groups in total. The Labute approximate surface area is 105 Å². The Morgan fingerprint density at radius 2 is 2.29 bits per heavy atom. The molecule has 1 aromatic rings. The van der Waals surface area contributed by atoms with Crippen molar-refractivity contribution < 1.29 is 9.18 Å². The SMILES string of the molecule is Cc1cc(C(=O)N2CCSCC2C)ccc1F. The molecule has 0 aliphatic carbocycles. The highest BCUT2D eigenvalue weighted by molar-refractivity contribution is 7.99. The first-order chi connectivity index (χ1) is 8.09. The third-order valence-electron chi connectivity index (χ3n) is 3.03. The van der Waals surface area contributed by atoms with Gasteiger partial charge in [-0.3, -0.25) is 4.79 Å². The summed E-state index contributed by atoms with van der Waals surface area (Å²) in [6, 6.07) is 4.82. The Hall–Kier alpha value is -1.03. The lowest BCUT2D eigenvalue weighted by Gasteiger charge is -2.33. The van der Waals surface area contributed by atoms with Crippen LogP contribution in [0.2, 0.25) is 0 Å². The number of aryl methyl sites for hydroxylation is 1. The molecule has 4 heteroatoms. The number of rotatable bonds is 1. The maximum absolute atomic E-state index is 13.2. The lowest BCUT2D eigenvalue weighted by Crippen LogP contribution is -2.44. The van der Waals surface area contributed by atoms with Crippen molar-refractivity contribution in [2.24, 2.45) is 0 Å². The van der Waals surface area contributed by atoms with Crippen LogP contribution in [0.25, 0.3) is 0 Å². The third-order valence-corrected chi connectivity index (χ3v) is 4.22. The van der Waals surface area contributed by atoms with E-state index < -0.39 is 0 Å². The van der Waals surface area contributed by atoms with Crippen LogP contribution in [0, 0.1) is 12.7 Å². The lowest BCUT2D eigenvalue weighted by atomic mass is 10.1. The van der Waals surface area contributed by atoms with Gasteiger partial charge in [-0.15, -0.1) is 0 Å². The molecule has 1 heterocycles. The van der Waals surface area contributed by atoms with E-state index in [0.717, 1.165) is 18.1 Å². The van der Waals surface area contributed by atoms with Crippen LogP contribution in [0.5, 0.6) is 0 Å². The number of hydrogen-bond acceptors (Lipinski definition) is 2. The van der Waals surface area contributed by atoms with Crippen LogP contribution in [0.15, 0.2) is 18.2 Å². The smallest absolute Gasteiger partial charge is 0.254 e. The molecule has 0 radical (unpaired) electrons. The Balaban J connectivity index is 2.21. The van der Waals surface area contributed by atoms with Gasteiger partial charge in [0.05, 0.1) is 0 Å². The van der Waals surface area contributed by atoms with Crippen molar-refractivity contribution in [1.82, 2.24) is 4.90 Å². The van der Waals surface area contributed by atoms with Gasteiger partial charge in [0.25, 0.3) is 5.91 Å². The average Bonchev–Trinajstić information content (AvgIpc) is 2.32. The summed E-state index contributed by atoms with van der Waals surface area (Å²) >= 11 is 1.87. The minimum Gasteiger partial charge on any atom is -0.334 e. The first-order valence-corrected chi connectivity index (χ1v) is 6.90. The predicted molar refractivity (Wildman–Crippen MR) is 69.0 cm³/mol. The first-order valence-electron chi connectivity index (χ1n) is 5.74. The maximum Gasteiger partial charge on any atom is 0.254 e. The second-order valence-corrected chi connectivity index (χ2v) is 5.54. The molecule has 0 spiro atoms. The molecule has 17 heavy (non-hydrogen) atoms. The van der Waals surface area contributed by atoms with E-state index >= 15 is 0 Å². The van der Waals surface area contributed by atoms with Gasteiger partial charge in [-0.25, -0.2) is 4.39 Å². The van der Waals surface area contributed by atoms with Gasteiger partial charge in [-0.05, 0) is 37.6 Å². The fraction of sp³-hybridized carbons (Fsp3) is 0.462. The van der Waals surface area contributed by atoms with Gasteiger partial charge in [0.2, 0.25) is 0 Å². The molecule has 1 atom stereocenters. The highest BCUT2D eigenvalue weighted by Crippen LogP contribution is 2.19. The van der Waals surface area contributed by atoms with Crippen LogP contribution < -0.4 is 0 Å². The van der Waals surface area contributed by atoms with Crippen molar-refractivity contribution in [1.29, 1.82) is 0 Å². The number of carbonyl (C=O) groups excluding carboxylic acids is 1. The van der Waals surface area contributed by atoms with E-state index in [1.165, 1.54) is 6.07 Å². The summed E-state index contributed by atoms with van der Waals surface area (Å²) in [6.07, 6.45) is 0. The van der Waals surface area contributed by atoms with E-state index in [4.69, 9.17) is 0 Å². The number of amides is 1. The summed E-state index contributed by atoms with van der Waals surface area (Å²) in [4.78, 5) is 14.1. The Morgan fingerprint density at radius 3 is 2.94 bits per heavy atom. The molecule has 2 rings (SSSR count). The molecule has 0 bridgehead atoms. The van der Waals surface area contributed by atoms with Crippen molar-refractivity contribution in [3.8, 4) is 0 Å². The van der Waals surface area contributed by atoms with Crippen molar-refractivity contribution in [3.63, 3.8) is 0 Å². The van der Waals surface area contributed by atoms with Crippen molar-refractivity contribution in [2.75, 3.05) is 18.1 Å².